The molecule has 1 aliphatic heterocycles. The van der Waals surface area contributed by atoms with E-state index in [0.29, 0.717) is 0 Å². The van der Waals surface area contributed by atoms with E-state index in [1.807, 2.05) is 24.0 Å². The van der Waals surface area contributed by atoms with Crippen LogP contribution in [0.5, 0.6) is 0 Å². The lowest BCUT2D eigenvalue weighted by Crippen LogP contribution is -2.40. The van der Waals surface area contributed by atoms with Gasteiger partial charge in [-0.05, 0) is 50.5 Å². The maximum atomic E-state index is 12.3. The maximum absolute atomic E-state index is 12.3. The molecule has 18 heavy (non-hydrogen) atoms. The summed E-state index contributed by atoms with van der Waals surface area (Å²) in [4.78, 5) is 15.4. The number of rotatable bonds is 3. The number of thioether (sulfide) groups is 1. The molecule has 0 N–H and O–H groups in total. The number of piperidine rings is 1. The van der Waals surface area contributed by atoms with Gasteiger partial charge in [0, 0.05) is 22.5 Å². The molecule has 0 spiro atoms. The molecule has 98 valence electrons. The van der Waals surface area contributed by atoms with Crippen LogP contribution in [0.15, 0.2) is 33.6 Å². The van der Waals surface area contributed by atoms with Gasteiger partial charge in [-0.3, -0.25) is 4.79 Å². The standard InChI is InChI=1S/C14H18BrNOS/c1-11(14(17)16-9-3-2-4-10-16)18-13-7-5-12(15)6-8-13/h5-8,11H,2-4,9-10H2,1H3. The molecule has 1 saturated heterocycles. The SMILES string of the molecule is CC(Sc1ccc(Br)cc1)C(=O)N1CCCCC1. The fraction of sp³-hybridized carbons (Fsp3) is 0.500. The Morgan fingerprint density at radius 1 is 1.22 bits per heavy atom. The van der Waals surface area contributed by atoms with E-state index in [0.717, 1.165) is 35.3 Å². The average molecular weight is 328 g/mol. The summed E-state index contributed by atoms with van der Waals surface area (Å²) in [5, 5.41) is 0.00396. The fourth-order valence-electron chi connectivity index (χ4n) is 2.14. The van der Waals surface area contributed by atoms with Crippen LogP contribution in [0.25, 0.3) is 0 Å². The van der Waals surface area contributed by atoms with Crippen molar-refractivity contribution in [1.29, 1.82) is 0 Å². The van der Waals surface area contributed by atoms with E-state index in [-0.39, 0.29) is 11.2 Å². The third kappa shape index (κ3) is 3.75. The molecule has 0 bridgehead atoms. The van der Waals surface area contributed by atoms with Crippen LogP contribution in [0.4, 0.5) is 0 Å². The first-order chi connectivity index (χ1) is 8.66. The summed E-state index contributed by atoms with van der Waals surface area (Å²) in [7, 11) is 0. The first-order valence-corrected chi connectivity index (χ1v) is 8.05. The van der Waals surface area contributed by atoms with Crippen LogP contribution in [0.1, 0.15) is 26.2 Å². The molecule has 2 rings (SSSR count). The van der Waals surface area contributed by atoms with Crippen LogP contribution in [-0.4, -0.2) is 29.1 Å². The third-order valence-electron chi connectivity index (χ3n) is 3.14. The van der Waals surface area contributed by atoms with E-state index in [1.54, 1.807) is 11.8 Å². The lowest BCUT2D eigenvalue weighted by molar-refractivity contribution is -0.131. The van der Waals surface area contributed by atoms with Crippen LogP contribution in [0.3, 0.4) is 0 Å². The predicted octanol–water partition coefficient (Wildman–Crippen LogP) is 3.94. The lowest BCUT2D eigenvalue weighted by Gasteiger charge is -2.29. The van der Waals surface area contributed by atoms with E-state index in [9.17, 15) is 4.79 Å². The first kappa shape index (κ1) is 13.9. The number of carbonyl (C=O) groups excluding carboxylic acids is 1. The molecule has 1 aromatic carbocycles. The highest BCUT2D eigenvalue weighted by Gasteiger charge is 2.22. The molecule has 1 aliphatic rings. The van der Waals surface area contributed by atoms with Gasteiger partial charge in [-0.1, -0.05) is 15.9 Å². The highest BCUT2D eigenvalue weighted by molar-refractivity contribution is 9.10. The van der Waals surface area contributed by atoms with Crippen molar-refractivity contribution >= 4 is 33.6 Å². The summed E-state index contributed by atoms with van der Waals surface area (Å²) in [5.41, 5.74) is 0. The van der Waals surface area contributed by atoms with Crippen molar-refractivity contribution in [1.82, 2.24) is 4.90 Å². The van der Waals surface area contributed by atoms with Crippen molar-refractivity contribution in [2.75, 3.05) is 13.1 Å². The van der Waals surface area contributed by atoms with Crippen molar-refractivity contribution in [2.24, 2.45) is 0 Å². The predicted molar refractivity (Wildman–Crippen MR) is 79.9 cm³/mol. The third-order valence-corrected chi connectivity index (χ3v) is 4.77. The van der Waals surface area contributed by atoms with Gasteiger partial charge in [-0.15, -0.1) is 11.8 Å². The van der Waals surface area contributed by atoms with Crippen molar-refractivity contribution in [3.05, 3.63) is 28.7 Å². The Morgan fingerprint density at radius 3 is 2.44 bits per heavy atom. The summed E-state index contributed by atoms with van der Waals surface area (Å²) in [5.74, 6) is 0.280. The number of benzene rings is 1. The van der Waals surface area contributed by atoms with Crippen LogP contribution < -0.4 is 0 Å². The van der Waals surface area contributed by atoms with Gasteiger partial charge in [-0.25, -0.2) is 0 Å². The number of halogens is 1. The number of amides is 1. The highest BCUT2D eigenvalue weighted by Crippen LogP contribution is 2.26. The summed E-state index contributed by atoms with van der Waals surface area (Å²) < 4.78 is 1.07. The van der Waals surface area contributed by atoms with Crippen molar-refractivity contribution in [2.45, 2.75) is 36.3 Å². The number of hydrogen-bond donors (Lipinski definition) is 0. The fourth-order valence-corrected chi connectivity index (χ4v) is 3.35. The highest BCUT2D eigenvalue weighted by atomic mass is 79.9. The molecule has 0 saturated carbocycles. The second-order valence-electron chi connectivity index (χ2n) is 4.60. The van der Waals surface area contributed by atoms with Gasteiger partial charge in [0.1, 0.15) is 0 Å². The zero-order chi connectivity index (χ0) is 13.0. The second-order valence-corrected chi connectivity index (χ2v) is 6.93. The monoisotopic (exact) mass is 327 g/mol. The van der Waals surface area contributed by atoms with E-state index in [4.69, 9.17) is 0 Å². The molecule has 1 atom stereocenters. The van der Waals surface area contributed by atoms with E-state index in [1.165, 1.54) is 6.42 Å². The zero-order valence-corrected chi connectivity index (χ0v) is 13.0. The van der Waals surface area contributed by atoms with Crippen LogP contribution in [0.2, 0.25) is 0 Å². The molecule has 1 heterocycles. The molecule has 4 heteroatoms. The molecule has 1 unspecified atom stereocenters. The molecular formula is C14H18BrNOS. The van der Waals surface area contributed by atoms with Gasteiger partial charge in [0.25, 0.3) is 0 Å². The number of hydrogen-bond acceptors (Lipinski definition) is 2. The number of nitrogens with zero attached hydrogens (tertiary/aromatic N) is 1. The first-order valence-electron chi connectivity index (χ1n) is 6.38. The maximum Gasteiger partial charge on any atom is 0.235 e. The van der Waals surface area contributed by atoms with Crippen molar-refractivity contribution < 1.29 is 4.79 Å². The Balaban J connectivity index is 1.92. The minimum Gasteiger partial charge on any atom is -0.342 e. The minimum atomic E-state index is 0.00396. The molecule has 2 nitrogen and oxygen atoms in total. The van der Waals surface area contributed by atoms with Gasteiger partial charge in [0.2, 0.25) is 5.91 Å². The van der Waals surface area contributed by atoms with Gasteiger partial charge in [0.05, 0.1) is 5.25 Å². The molecule has 0 aromatic heterocycles. The smallest absolute Gasteiger partial charge is 0.235 e. The van der Waals surface area contributed by atoms with Crippen molar-refractivity contribution in [3.63, 3.8) is 0 Å². The largest absolute Gasteiger partial charge is 0.342 e. The summed E-state index contributed by atoms with van der Waals surface area (Å²) >= 11 is 5.06. The average Bonchev–Trinajstić information content (AvgIpc) is 2.41. The Morgan fingerprint density at radius 2 is 1.83 bits per heavy atom. The quantitative estimate of drug-likeness (QED) is 0.783. The number of carbonyl (C=O) groups is 1. The normalized spacial score (nSPS) is 17.6. The summed E-state index contributed by atoms with van der Waals surface area (Å²) in [6, 6.07) is 8.13. The Kier molecular flexibility index (Phi) is 5.13. The Bertz CT molecular complexity index is 401. The Hall–Kier alpha value is -0.480. The van der Waals surface area contributed by atoms with Crippen LogP contribution in [0, 0.1) is 0 Å². The van der Waals surface area contributed by atoms with Gasteiger partial charge >= 0.3 is 0 Å². The lowest BCUT2D eigenvalue weighted by atomic mass is 10.1. The van der Waals surface area contributed by atoms with Gasteiger partial charge in [0.15, 0.2) is 0 Å². The van der Waals surface area contributed by atoms with Crippen molar-refractivity contribution in [3.8, 4) is 0 Å². The zero-order valence-electron chi connectivity index (χ0n) is 10.6. The van der Waals surface area contributed by atoms with E-state index >= 15 is 0 Å². The van der Waals surface area contributed by atoms with E-state index in [2.05, 4.69) is 28.1 Å². The molecule has 1 amide bonds. The molecule has 0 radical (unpaired) electrons. The topological polar surface area (TPSA) is 20.3 Å². The number of likely N-dealkylation sites (tertiary alicyclic amines) is 1. The van der Waals surface area contributed by atoms with Gasteiger partial charge < -0.3 is 4.90 Å². The molecule has 0 aliphatic carbocycles. The van der Waals surface area contributed by atoms with Gasteiger partial charge in [-0.2, -0.15) is 0 Å². The Labute approximate surface area is 121 Å². The molecule has 1 aromatic rings. The molecule has 1 fully saturated rings. The molecular weight excluding hydrogens is 310 g/mol. The van der Waals surface area contributed by atoms with Crippen LogP contribution in [-0.2, 0) is 4.79 Å². The summed E-state index contributed by atoms with van der Waals surface area (Å²) in [6.45, 7) is 3.87. The summed E-state index contributed by atoms with van der Waals surface area (Å²) in [6.07, 6.45) is 3.57. The van der Waals surface area contributed by atoms with Crippen LogP contribution >= 0.6 is 27.7 Å². The second kappa shape index (κ2) is 6.62. The minimum absolute atomic E-state index is 0.00396. The van der Waals surface area contributed by atoms with E-state index < -0.39 is 0 Å².